The van der Waals surface area contributed by atoms with E-state index in [1.807, 2.05) is 17.8 Å². The maximum atomic E-state index is 5.20. The minimum atomic E-state index is 0.246. The summed E-state index contributed by atoms with van der Waals surface area (Å²) < 4.78 is 7.14. The minimum absolute atomic E-state index is 0.246. The quantitative estimate of drug-likeness (QED) is 0.851. The highest BCUT2D eigenvalue weighted by Crippen LogP contribution is 2.22. The summed E-state index contributed by atoms with van der Waals surface area (Å²) in [6.07, 6.45) is 1.89. The molecule has 0 fully saturated rings. The molecule has 1 atom stereocenters. The summed E-state index contributed by atoms with van der Waals surface area (Å²) in [7, 11) is 3.67. The summed E-state index contributed by atoms with van der Waals surface area (Å²) in [5.74, 6) is 0. The molecule has 1 heterocycles. The molecule has 1 aromatic carbocycles. The fourth-order valence-corrected chi connectivity index (χ4v) is 2.60. The zero-order valence-corrected chi connectivity index (χ0v) is 13.3. The van der Waals surface area contributed by atoms with Crippen LogP contribution >= 0.6 is 0 Å². The van der Waals surface area contributed by atoms with Gasteiger partial charge in [0.15, 0.2) is 0 Å². The van der Waals surface area contributed by atoms with Crippen molar-refractivity contribution >= 4 is 0 Å². The molecule has 1 aromatic heterocycles. The minimum Gasteiger partial charge on any atom is -0.380 e. The molecule has 0 saturated carbocycles. The standard InChI is InChI=1S/C16H24N4O/c1-5-14(17-3)16-15(6-2)20(19-18-16)13-9-7-8-12(10-13)11-21-4/h7-10,14,17H,5-6,11H2,1-4H3. The normalized spacial score (nSPS) is 12.6. The smallest absolute Gasteiger partial charge is 0.103 e. The maximum absolute atomic E-state index is 5.20. The van der Waals surface area contributed by atoms with E-state index in [-0.39, 0.29) is 6.04 Å². The lowest BCUT2D eigenvalue weighted by Crippen LogP contribution is -2.17. The molecule has 0 bridgehead atoms. The number of nitrogens with zero attached hydrogens (tertiary/aromatic N) is 3. The van der Waals surface area contributed by atoms with Crippen LogP contribution in [0.25, 0.3) is 5.69 Å². The van der Waals surface area contributed by atoms with E-state index in [1.54, 1.807) is 7.11 Å². The molecule has 0 radical (unpaired) electrons. The number of aromatic nitrogens is 3. The van der Waals surface area contributed by atoms with E-state index in [0.29, 0.717) is 6.61 Å². The number of benzene rings is 1. The van der Waals surface area contributed by atoms with Gasteiger partial charge in [-0.25, -0.2) is 4.68 Å². The molecule has 1 unspecified atom stereocenters. The van der Waals surface area contributed by atoms with E-state index in [9.17, 15) is 0 Å². The summed E-state index contributed by atoms with van der Waals surface area (Å²) in [5, 5.41) is 12.1. The van der Waals surface area contributed by atoms with Gasteiger partial charge in [-0.05, 0) is 37.6 Å². The predicted molar refractivity (Wildman–Crippen MR) is 83.5 cm³/mol. The molecule has 0 saturated heterocycles. The van der Waals surface area contributed by atoms with Gasteiger partial charge in [0.25, 0.3) is 0 Å². The summed E-state index contributed by atoms with van der Waals surface area (Å²) in [4.78, 5) is 0. The Kier molecular flexibility index (Phi) is 5.47. The monoisotopic (exact) mass is 288 g/mol. The molecule has 2 rings (SSSR count). The molecular weight excluding hydrogens is 264 g/mol. The average Bonchev–Trinajstić information content (AvgIpc) is 2.93. The van der Waals surface area contributed by atoms with Gasteiger partial charge in [0.05, 0.1) is 24.0 Å². The van der Waals surface area contributed by atoms with Crippen LogP contribution in [0, 0.1) is 0 Å². The molecule has 114 valence electrons. The van der Waals surface area contributed by atoms with Gasteiger partial charge in [-0.2, -0.15) is 0 Å². The third-order valence-corrected chi connectivity index (χ3v) is 3.68. The first-order valence-corrected chi connectivity index (χ1v) is 7.45. The zero-order chi connectivity index (χ0) is 15.2. The molecule has 0 aliphatic heterocycles. The van der Waals surface area contributed by atoms with E-state index >= 15 is 0 Å². The Morgan fingerprint density at radius 2 is 2.14 bits per heavy atom. The number of hydrogen-bond acceptors (Lipinski definition) is 4. The van der Waals surface area contributed by atoms with Gasteiger partial charge >= 0.3 is 0 Å². The summed E-state index contributed by atoms with van der Waals surface area (Å²) in [6.45, 7) is 4.89. The topological polar surface area (TPSA) is 52.0 Å². The Balaban J connectivity index is 2.42. The molecule has 0 aliphatic rings. The van der Waals surface area contributed by atoms with E-state index in [2.05, 4.69) is 47.7 Å². The number of ether oxygens (including phenoxy) is 1. The molecule has 0 aliphatic carbocycles. The van der Waals surface area contributed by atoms with Crippen molar-refractivity contribution in [2.24, 2.45) is 0 Å². The van der Waals surface area contributed by atoms with Crippen molar-refractivity contribution in [2.45, 2.75) is 39.3 Å². The first-order valence-electron chi connectivity index (χ1n) is 7.45. The third-order valence-electron chi connectivity index (χ3n) is 3.68. The second kappa shape index (κ2) is 7.33. The number of nitrogens with one attached hydrogen (secondary N) is 1. The van der Waals surface area contributed by atoms with Crippen molar-refractivity contribution in [3.8, 4) is 5.69 Å². The van der Waals surface area contributed by atoms with Crippen molar-refractivity contribution < 1.29 is 4.74 Å². The van der Waals surface area contributed by atoms with Crippen LogP contribution in [0.4, 0.5) is 0 Å². The van der Waals surface area contributed by atoms with Crippen LogP contribution in [-0.2, 0) is 17.8 Å². The lowest BCUT2D eigenvalue weighted by atomic mass is 10.1. The molecule has 21 heavy (non-hydrogen) atoms. The number of rotatable bonds is 7. The molecule has 2 aromatic rings. The summed E-state index contributed by atoms with van der Waals surface area (Å²) in [5.41, 5.74) is 4.37. The lowest BCUT2D eigenvalue weighted by molar-refractivity contribution is 0.185. The highest BCUT2D eigenvalue weighted by atomic mass is 16.5. The Bertz CT molecular complexity index is 575. The highest BCUT2D eigenvalue weighted by Gasteiger charge is 2.19. The SMILES string of the molecule is CCc1c(C(CC)NC)nnn1-c1cccc(COC)c1. The maximum Gasteiger partial charge on any atom is 0.103 e. The Hall–Kier alpha value is -1.72. The van der Waals surface area contributed by atoms with Gasteiger partial charge in [-0.3, -0.25) is 0 Å². The first kappa shape index (κ1) is 15.7. The summed E-state index contributed by atoms with van der Waals surface area (Å²) >= 11 is 0. The van der Waals surface area contributed by atoms with Gasteiger partial charge in [0, 0.05) is 7.11 Å². The fraction of sp³-hybridized carbons (Fsp3) is 0.500. The Morgan fingerprint density at radius 3 is 2.76 bits per heavy atom. The average molecular weight is 288 g/mol. The number of hydrogen-bond donors (Lipinski definition) is 1. The van der Waals surface area contributed by atoms with Gasteiger partial charge < -0.3 is 10.1 Å². The van der Waals surface area contributed by atoms with Crippen molar-refractivity contribution in [1.29, 1.82) is 0 Å². The van der Waals surface area contributed by atoms with Crippen LogP contribution in [0.5, 0.6) is 0 Å². The second-order valence-corrected chi connectivity index (χ2v) is 5.04. The van der Waals surface area contributed by atoms with Crippen LogP contribution in [0.1, 0.15) is 43.3 Å². The first-order chi connectivity index (χ1) is 10.2. The number of methoxy groups -OCH3 is 1. The summed E-state index contributed by atoms with van der Waals surface area (Å²) in [6, 6.07) is 8.48. The van der Waals surface area contributed by atoms with Crippen molar-refractivity contribution in [3.63, 3.8) is 0 Å². The van der Waals surface area contributed by atoms with E-state index in [4.69, 9.17) is 4.74 Å². The van der Waals surface area contributed by atoms with Crippen LogP contribution in [-0.4, -0.2) is 29.2 Å². The molecule has 0 spiro atoms. The van der Waals surface area contributed by atoms with Gasteiger partial charge in [0.2, 0.25) is 0 Å². The largest absolute Gasteiger partial charge is 0.380 e. The van der Waals surface area contributed by atoms with E-state index < -0.39 is 0 Å². The molecular formula is C16H24N4O. The Labute approximate surface area is 126 Å². The highest BCUT2D eigenvalue weighted by molar-refractivity contribution is 5.37. The van der Waals surface area contributed by atoms with Crippen LogP contribution in [0.3, 0.4) is 0 Å². The second-order valence-electron chi connectivity index (χ2n) is 5.04. The van der Waals surface area contributed by atoms with Gasteiger partial charge in [0.1, 0.15) is 5.69 Å². The predicted octanol–water partition coefficient (Wildman–Crippen LogP) is 2.65. The zero-order valence-electron chi connectivity index (χ0n) is 13.3. The van der Waals surface area contributed by atoms with E-state index in [0.717, 1.165) is 35.5 Å². The molecule has 1 N–H and O–H groups in total. The molecule has 5 heteroatoms. The van der Waals surface area contributed by atoms with Crippen LogP contribution < -0.4 is 5.32 Å². The van der Waals surface area contributed by atoms with Crippen LogP contribution in [0.2, 0.25) is 0 Å². The molecule has 5 nitrogen and oxygen atoms in total. The van der Waals surface area contributed by atoms with Gasteiger partial charge in [-0.1, -0.05) is 31.2 Å². The van der Waals surface area contributed by atoms with Crippen molar-refractivity contribution in [2.75, 3.05) is 14.2 Å². The fourth-order valence-electron chi connectivity index (χ4n) is 2.60. The van der Waals surface area contributed by atoms with Gasteiger partial charge in [-0.15, -0.1) is 5.10 Å². The van der Waals surface area contributed by atoms with Crippen LogP contribution in [0.15, 0.2) is 24.3 Å². The van der Waals surface area contributed by atoms with Crippen molar-refractivity contribution in [1.82, 2.24) is 20.3 Å². The van der Waals surface area contributed by atoms with E-state index in [1.165, 1.54) is 0 Å². The molecule has 0 amide bonds. The lowest BCUT2D eigenvalue weighted by Gasteiger charge is -2.13. The third kappa shape index (κ3) is 3.31. The Morgan fingerprint density at radius 1 is 1.33 bits per heavy atom. The van der Waals surface area contributed by atoms with Crippen molar-refractivity contribution in [3.05, 3.63) is 41.2 Å².